The maximum absolute atomic E-state index is 11.0. The van der Waals surface area contributed by atoms with E-state index in [-0.39, 0.29) is 5.91 Å². The molecule has 2 N–H and O–H groups in total. The number of hydrogen-bond acceptors (Lipinski definition) is 2. The molecule has 1 aliphatic rings. The molecule has 1 aliphatic heterocycles. The van der Waals surface area contributed by atoms with Gasteiger partial charge in [-0.2, -0.15) is 0 Å². The smallest absolute Gasteiger partial charge is 0.277 e. The molecule has 0 unspecified atom stereocenters. The van der Waals surface area contributed by atoms with Crippen LogP contribution >= 0.6 is 0 Å². The molecule has 1 amide bonds. The summed E-state index contributed by atoms with van der Waals surface area (Å²) in [4.78, 5) is 14.6. The van der Waals surface area contributed by atoms with Crippen molar-refractivity contribution in [2.45, 2.75) is 0 Å². The van der Waals surface area contributed by atoms with Crippen molar-refractivity contribution in [1.82, 2.24) is 0 Å². The minimum absolute atomic E-state index is 0.202. The van der Waals surface area contributed by atoms with Gasteiger partial charge in [-0.15, -0.1) is 0 Å². The number of carbonyl (C=O) groups is 1. The average Bonchev–Trinajstić information content (AvgIpc) is 2.35. The molecule has 3 nitrogen and oxygen atoms in total. The minimum atomic E-state index is -0.202. The summed E-state index contributed by atoms with van der Waals surface area (Å²) < 4.78 is 0. The predicted octanol–water partition coefficient (Wildman–Crippen LogP) is 0.842. The predicted molar refractivity (Wildman–Crippen MR) is 42.8 cm³/mol. The van der Waals surface area contributed by atoms with Gasteiger partial charge in [-0.3, -0.25) is 4.79 Å². The fourth-order valence-corrected chi connectivity index (χ4v) is 1.11. The van der Waals surface area contributed by atoms with Gasteiger partial charge in [-0.1, -0.05) is 6.07 Å². The van der Waals surface area contributed by atoms with Crippen molar-refractivity contribution in [2.24, 2.45) is 4.99 Å². The quantitative estimate of drug-likeness (QED) is 0.551. The molecular weight excluding hydrogens is 140 g/mol. The second-order valence-electron chi connectivity index (χ2n) is 2.37. The van der Waals surface area contributed by atoms with Crippen LogP contribution in [0, 0.1) is 0 Å². The van der Waals surface area contributed by atoms with Crippen LogP contribution in [0.4, 0.5) is 5.69 Å². The maximum atomic E-state index is 11.0. The molecule has 0 saturated heterocycles. The Balaban J connectivity index is 2.74. The Morgan fingerprint density at radius 3 is 2.91 bits per heavy atom. The van der Waals surface area contributed by atoms with Gasteiger partial charge in [0.15, 0.2) is 0 Å². The number of hydrogen-bond donors (Lipinski definition) is 1. The summed E-state index contributed by atoms with van der Waals surface area (Å²) in [5, 5.41) is 0. The first-order chi connectivity index (χ1) is 5.29. The number of carbonyl (C=O) groups excluding carboxylic acids is 1. The SMILES string of the molecule is Nc1cccc2c1C=NC2=O. The Hall–Kier alpha value is -1.64. The third kappa shape index (κ3) is 0.741. The lowest BCUT2D eigenvalue weighted by molar-refractivity contribution is 0.101. The molecule has 0 fully saturated rings. The molecule has 1 aromatic rings. The topological polar surface area (TPSA) is 55.4 Å². The second-order valence-corrected chi connectivity index (χ2v) is 2.37. The van der Waals surface area contributed by atoms with Crippen molar-refractivity contribution >= 4 is 17.8 Å². The first-order valence-corrected chi connectivity index (χ1v) is 3.26. The normalized spacial score (nSPS) is 13.6. The molecule has 0 atom stereocenters. The Morgan fingerprint density at radius 2 is 2.18 bits per heavy atom. The highest BCUT2D eigenvalue weighted by Crippen LogP contribution is 2.19. The van der Waals surface area contributed by atoms with Crippen LogP contribution in [-0.4, -0.2) is 12.1 Å². The Bertz CT molecular complexity index is 355. The summed E-state index contributed by atoms with van der Waals surface area (Å²) in [6.45, 7) is 0. The first kappa shape index (κ1) is 6.09. The van der Waals surface area contributed by atoms with E-state index in [0.717, 1.165) is 5.56 Å². The number of nitrogen functional groups attached to an aromatic ring is 1. The molecule has 0 bridgehead atoms. The molecule has 1 aromatic carbocycles. The summed E-state index contributed by atoms with van der Waals surface area (Å²) >= 11 is 0. The molecular formula is C8H6N2O. The van der Waals surface area contributed by atoms with Crippen LogP contribution in [0.2, 0.25) is 0 Å². The minimum Gasteiger partial charge on any atom is -0.398 e. The van der Waals surface area contributed by atoms with Gasteiger partial charge in [0.05, 0.1) is 5.56 Å². The van der Waals surface area contributed by atoms with Gasteiger partial charge in [0.1, 0.15) is 0 Å². The fourth-order valence-electron chi connectivity index (χ4n) is 1.11. The lowest BCUT2D eigenvalue weighted by Crippen LogP contribution is -1.96. The van der Waals surface area contributed by atoms with Gasteiger partial charge in [-0.05, 0) is 12.1 Å². The summed E-state index contributed by atoms with van der Waals surface area (Å²) in [5.41, 5.74) is 7.55. The molecule has 0 saturated carbocycles. The van der Waals surface area contributed by atoms with E-state index in [1.807, 2.05) is 0 Å². The van der Waals surface area contributed by atoms with Crippen molar-refractivity contribution in [3.8, 4) is 0 Å². The lowest BCUT2D eigenvalue weighted by atomic mass is 10.1. The van der Waals surface area contributed by atoms with Crippen LogP contribution < -0.4 is 5.73 Å². The third-order valence-electron chi connectivity index (χ3n) is 1.68. The van der Waals surface area contributed by atoms with Crippen molar-refractivity contribution in [1.29, 1.82) is 0 Å². The van der Waals surface area contributed by atoms with E-state index >= 15 is 0 Å². The number of rotatable bonds is 0. The van der Waals surface area contributed by atoms with E-state index in [1.54, 1.807) is 18.2 Å². The molecule has 1 heterocycles. The van der Waals surface area contributed by atoms with E-state index in [2.05, 4.69) is 4.99 Å². The van der Waals surface area contributed by atoms with E-state index < -0.39 is 0 Å². The van der Waals surface area contributed by atoms with Gasteiger partial charge in [0, 0.05) is 17.5 Å². The second kappa shape index (κ2) is 1.92. The molecule has 54 valence electrons. The standard InChI is InChI=1S/C8H6N2O/c9-7-3-1-2-5-6(7)4-10-8(5)11/h1-4H,9H2. The Kier molecular flexibility index (Phi) is 1.06. The summed E-state index contributed by atoms with van der Waals surface area (Å²) in [5.74, 6) is -0.202. The van der Waals surface area contributed by atoms with Gasteiger partial charge in [0.25, 0.3) is 5.91 Å². The number of nitrogens with two attached hydrogens (primary N) is 1. The zero-order chi connectivity index (χ0) is 7.84. The zero-order valence-electron chi connectivity index (χ0n) is 5.74. The summed E-state index contributed by atoms with van der Waals surface area (Å²) in [7, 11) is 0. The average molecular weight is 146 g/mol. The van der Waals surface area contributed by atoms with Crippen LogP contribution in [-0.2, 0) is 0 Å². The molecule has 0 aliphatic carbocycles. The van der Waals surface area contributed by atoms with Crippen molar-refractivity contribution < 1.29 is 4.79 Å². The fraction of sp³-hybridized carbons (Fsp3) is 0. The highest BCUT2D eigenvalue weighted by molar-refractivity contribution is 6.15. The largest absolute Gasteiger partial charge is 0.398 e. The van der Waals surface area contributed by atoms with Crippen LogP contribution in [0.15, 0.2) is 23.2 Å². The monoisotopic (exact) mass is 146 g/mol. The number of anilines is 1. The van der Waals surface area contributed by atoms with Crippen molar-refractivity contribution in [3.63, 3.8) is 0 Å². The summed E-state index contributed by atoms with van der Waals surface area (Å²) in [6.07, 6.45) is 1.51. The molecule has 0 aromatic heterocycles. The van der Waals surface area contributed by atoms with Gasteiger partial charge in [-0.25, -0.2) is 4.99 Å². The molecule has 3 heteroatoms. The van der Waals surface area contributed by atoms with E-state index in [0.29, 0.717) is 11.3 Å². The van der Waals surface area contributed by atoms with Crippen molar-refractivity contribution in [3.05, 3.63) is 29.3 Å². The number of nitrogens with zero attached hydrogens (tertiary/aromatic N) is 1. The van der Waals surface area contributed by atoms with E-state index in [4.69, 9.17) is 5.73 Å². The van der Waals surface area contributed by atoms with Gasteiger partial charge < -0.3 is 5.73 Å². The number of benzene rings is 1. The molecule has 0 spiro atoms. The number of amides is 1. The van der Waals surface area contributed by atoms with Gasteiger partial charge >= 0.3 is 0 Å². The Labute approximate surface area is 63.6 Å². The Morgan fingerprint density at radius 1 is 1.36 bits per heavy atom. The van der Waals surface area contributed by atoms with Crippen LogP contribution in [0.1, 0.15) is 15.9 Å². The summed E-state index contributed by atoms with van der Waals surface area (Å²) in [6, 6.07) is 5.23. The van der Waals surface area contributed by atoms with Gasteiger partial charge in [0.2, 0.25) is 0 Å². The lowest BCUT2D eigenvalue weighted by Gasteiger charge is -1.97. The number of aliphatic imine (C=N–C) groups is 1. The third-order valence-corrected chi connectivity index (χ3v) is 1.68. The van der Waals surface area contributed by atoms with Crippen molar-refractivity contribution in [2.75, 3.05) is 5.73 Å². The van der Waals surface area contributed by atoms with E-state index in [1.165, 1.54) is 6.21 Å². The molecule has 2 rings (SSSR count). The first-order valence-electron chi connectivity index (χ1n) is 3.26. The highest BCUT2D eigenvalue weighted by atomic mass is 16.1. The maximum Gasteiger partial charge on any atom is 0.277 e. The van der Waals surface area contributed by atoms with E-state index in [9.17, 15) is 4.79 Å². The number of fused-ring (bicyclic) bond motifs is 1. The zero-order valence-corrected chi connectivity index (χ0v) is 5.74. The molecule has 11 heavy (non-hydrogen) atoms. The highest BCUT2D eigenvalue weighted by Gasteiger charge is 2.15. The van der Waals surface area contributed by atoms with Crippen LogP contribution in [0.3, 0.4) is 0 Å². The van der Waals surface area contributed by atoms with Crippen LogP contribution in [0.5, 0.6) is 0 Å². The van der Waals surface area contributed by atoms with Crippen LogP contribution in [0.25, 0.3) is 0 Å². The molecule has 0 radical (unpaired) electrons.